The summed E-state index contributed by atoms with van der Waals surface area (Å²) in [6.07, 6.45) is 3.42. The second-order valence-corrected chi connectivity index (χ2v) is 11.6. The summed E-state index contributed by atoms with van der Waals surface area (Å²) in [5.74, 6) is -1.26. The highest BCUT2D eigenvalue weighted by molar-refractivity contribution is 7.90. The van der Waals surface area contributed by atoms with E-state index in [1.165, 1.54) is 30.5 Å². The molecule has 1 aromatic carbocycles. The molecule has 0 spiro atoms. The number of hydrogen-bond donors (Lipinski definition) is 2. The van der Waals surface area contributed by atoms with Gasteiger partial charge in [0.2, 0.25) is 5.56 Å². The van der Waals surface area contributed by atoms with Crippen LogP contribution in [0.3, 0.4) is 0 Å². The molecule has 1 aliphatic rings. The number of aromatic amines is 1. The number of halogens is 2. The Kier molecular flexibility index (Phi) is 7.65. The Hall–Kier alpha value is -3.64. The maximum atomic E-state index is 15.5. The van der Waals surface area contributed by atoms with Crippen LogP contribution in [0.25, 0.3) is 11.1 Å². The van der Waals surface area contributed by atoms with E-state index in [0.29, 0.717) is 24.3 Å². The Bertz CT molecular complexity index is 1510. The topological polar surface area (TPSA) is 115 Å². The lowest BCUT2D eigenvalue weighted by Crippen LogP contribution is -2.55. The van der Waals surface area contributed by atoms with Gasteiger partial charge in [0.1, 0.15) is 12.5 Å². The standard InChI is InChI=1S/C26H29F2N5O4S/c1-15-13-33(14-16(2)32(15)3)23-9-21(28)19(17-5-6-25(30-11-17)38(4,36)37)8-22(23)31-26(35)20-12-29-24(34)7-18(20)10-27/h5-9,11-12,15-16H,10,13-14H2,1-4H3,(H,29,34)(H,31,35)/t15-,16+. The molecule has 0 radical (unpaired) electrons. The lowest BCUT2D eigenvalue weighted by molar-refractivity contribution is 0.102. The number of benzene rings is 1. The van der Waals surface area contributed by atoms with Crippen LogP contribution in [-0.4, -0.2) is 67.7 Å². The van der Waals surface area contributed by atoms with E-state index in [4.69, 9.17) is 0 Å². The van der Waals surface area contributed by atoms with Gasteiger partial charge in [0, 0.05) is 66.6 Å². The summed E-state index contributed by atoms with van der Waals surface area (Å²) in [6.45, 7) is 4.23. The second-order valence-electron chi connectivity index (χ2n) is 9.60. The Balaban J connectivity index is 1.80. The molecule has 9 nitrogen and oxygen atoms in total. The van der Waals surface area contributed by atoms with Crippen LogP contribution in [0.15, 0.2) is 52.5 Å². The van der Waals surface area contributed by atoms with Gasteiger partial charge in [-0.05, 0) is 45.2 Å². The lowest BCUT2D eigenvalue weighted by Gasteiger charge is -2.44. The molecule has 202 valence electrons. The zero-order valence-electron chi connectivity index (χ0n) is 21.5. The first-order valence-corrected chi connectivity index (χ1v) is 13.8. The molecular formula is C26H29F2N5O4S. The first-order chi connectivity index (χ1) is 17.9. The molecule has 3 heterocycles. The molecule has 1 aliphatic heterocycles. The third-order valence-corrected chi connectivity index (χ3v) is 7.86. The van der Waals surface area contributed by atoms with Crippen molar-refractivity contribution in [2.45, 2.75) is 37.6 Å². The number of pyridine rings is 2. The SMILES string of the molecule is C[C@@H]1CN(c2cc(F)c(-c3ccc(S(C)(=O)=O)nc3)cc2NC(=O)c2c[nH]c(=O)cc2CF)C[C@H](C)N1C. The quantitative estimate of drug-likeness (QED) is 0.489. The smallest absolute Gasteiger partial charge is 0.257 e. The van der Waals surface area contributed by atoms with Crippen LogP contribution in [0.5, 0.6) is 0 Å². The number of anilines is 2. The van der Waals surface area contributed by atoms with Crippen molar-refractivity contribution in [3.8, 4) is 11.1 Å². The van der Waals surface area contributed by atoms with Crippen LogP contribution in [-0.2, 0) is 16.5 Å². The normalized spacial score (nSPS) is 18.4. The van der Waals surface area contributed by atoms with Gasteiger partial charge in [-0.1, -0.05) is 0 Å². The molecular weight excluding hydrogens is 516 g/mol. The van der Waals surface area contributed by atoms with Gasteiger partial charge >= 0.3 is 0 Å². The van der Waals surface area contributed by atoms with Crippen molar-refractivity contribution < 1.29 is 22.0 Å². The summed E-state index contributed by atoms with van der Waals surface area (Å²) in [7, 11) is -1.53. The fourth-order valence-corrected chi connectivity index (χ4v) is 5.09. The highest BCUT2D eigenvalue weighted by Crippen LogP contribution is 2.36. The molecule has 3 aromatic rings. The van der Waals surface area contributed by atoms with Crippen molar-refractivity contribution in [1.29, 1.82) is 0 Å². The molecule has 0 unspecified atom stereocenters. The number of alkyl halides is 1. The third-order valence-electron chi connectivity index (χ3n) is 6.86. The number of rotatable bonds is 6. The summed E-state index contributed by atoms with van der Waals surface area (Å²) in [6, 6.07) is 6.82. The van der Waals surface area contributed by atoms with Crippen molar-refractivity contribution in [3.05, 3.63) is 70.0 Å². The highest BCUT2D eigenvalue weighted by atomic mass is 32.2. The fraction of sp³-hybridized carbons (Fsp3) is 0.346. The van der Waals surface area contributed by atoms with E-state index in [2.05, 4.69) is 34.0 Å². The van der Waals surface area contributed by atoms with E-state index in [-0.39, 0.29) is 39.5 Å². The second kappa shape index (κ2) is 10.6. The first kappa shape index (κ1) is 27.4. The molecule has 0 saturated carbocycles. The zero-order valence-corrected chi connectivity index (χ0v) is 22.3. The number of nitrogens with zero attached hydrogens (tertiary/aromatic N) is 3. The fourth-order valence-electron chi connectivity index (χ4n) is 4.53. The van der Waals surface area contributed by atoms with Gasteiger partial charge in [-0.3, -0.25) is 14.5 Å². The number of H-pyrrole nitrogens is 1. The number of likely N-dealkylation sites (N-methyl/N-ethyl adjacent to an activating group) is 1. The predicted octanol–water partition coefficient (Wildman–Crippen LogP) is 3.23. The van der Waals surface area contributed by atoms with E-state index >= 15 is 4.39 Å². The van der Waals surface area contributed by atoms with Crippen molar-refractivity contribution in [3.63, 3.8) is 0 Å². The van der Waals surface area contributed by atoms with E-state index in [9.17, 15) is 22.4 Å². The Morgan fingerprint density at radius 3 is 2.45 bits per heavy atom. The average Bonchev–Trinajstić information content (AvgIpc) is 2.87. The van der Waals surface area contributed by atoms with Crippen LogP contribution in [0, 0.1) is 5.82 Å². The van der Waals surface area contributed by atoms with Crippen molar-refractivity contribution in [2.75, 3.05) is 36.6 Å². The summed E-state index contributed by atoms with van der Waals surface area (Å²) < 4.78 is 52.7. The molecule has 4 rings (SSSR count). The number of sulfone groups is 1. The molecule has 2 N–H and O–H groups in total. The molecule has 1 saturated heterocycles. The number of nitrogens with one attached hydrogen (secondary N) is 2. The molecule has 12 heteroatoms. The monoisotopic (exact) mass is 545 g/mol. The van der Waals surface area contributed by atoms with Gasteiger partial charge in [0.15, 0.2) is 14.9 Å². The molecule has 1 amide bonds. The van der Waals surface area contributed by atoms with Gasteiger partial charge in [-0.25, -0.2) is 22.2 Å². The maximum absolute atomic E-state index is 15.5. The minimum atomic E-state index is -3.54. The number of aromatic nitrogens is 2. The maximum Gasteiger partial charge on any atom is 0.257 e. The van der Waals surface area contributed by atoms with Gasteiger partial charge < -0.3 is 15.2 Å². The summed E-state index contributed by atoms with van der Waals surface area (Å²) in [5, 5.41) is 2.62. The van der Waals surface area contributed by atoms with Crippen LogP contribution in [0.4, 0.5) is 20.2 Å². The molecule has 2 aromatic heterocycles. The van der Waals surface area contributed by atoms with E-state index < -0.39 is 33.8 Å². The Labute approximate surface area is 219 Å². The third kappa shape index (κ3) is 5.60. The van der Waals surface area contributed by atoms with Crippen molar-refractivity contribution in [1.82, 2.24) is 14.9 Å². The van der Waals surface area contributed by atoms with Gasteiger partial charge in [-0.15, -0.1) is 0 Å². The van der Waals surface area contributed by atoms with Crippen molar-refractivity contribution in [2.24, 2.45) is 0 Å². The Morgan fingerprint density at radius 1 is 1.18 bits per heavy atom. The zero-order chi connectivity index (χ0) is 27.8. The van der Waals surface area contributed by atoms with Crippen molar-refractivity contribution >= 4 is 27.1 Å². The minimum Gasteiger partial charge on any atom is -0.367 e. The summed E-state index contributed by atoms with van der Waals surface area (Å²) >= 11 is 0. The number of piperazine rings is 1. The Morgan fingerprint density at radius 2 is 1.87 bits per heavy atom. The van der Waals surface area contributed by atoms with Crippen LogP contribution in [0.1, 0.15) is 29.8 Å². The summed E-state index contributed by atoms with van der Waals surface area (Å²) in [4.78, 5) is 35.3. The molecule has 0 aliphatic carbocycles. The minimum absolute atomic E-state index is 0.0526. The predicted molar refractivity (Wildman–Crippen MR) is 141 cm³/mol. The number of carbonyl (C=O) groups excluding carboxylic acids is 1. The lowest BCUT2D eigenvalue weighted by atomic mass is 10.0. The first-order valence-electron chi connectivity index (χ1n) is 11.9. The van der Waals surface area contributed by atoms with E-state index in [0.717, 1.165) is 18.5 Å². The molecule has 1 fully saturated rings. The largest absolute Gasteiger partial charge is 0.367 e. The van der Waals surface area contributed by atoms with E-state index in [1.54, 1.807) is 0 Å². The van der Waals surface area contributed by atoms with Crippen LogP contribution >= 0.6 is 0 Å². The molecule has 38 heavy (non-hydrogen) atoms. The van der Waals surface area contributed by atoms with Gasteiger partial charge in [0.05, 0.1) is 16.9 Å². The van der Waals surface area contributed by atoms with Crippen LogP contribution < -0.4 is 15.8 Å². The highest BCUT2D eigenvalue weighted by Gasteiger charge is 2.29. The van der Waals surface area contributed by atoms with Gasteiger partial charge in [0.25, 0.3) is 5.91 Å². The van der Waals surface area contributed by atoms with E-state index in [1.807, 2.05) is 11.9 Å². The number of amides is 1. The average molecular weight is 546 g/mol. The molecule has 2 atom stereocenters. The van der Waals surface area contributed by atoms with Crippen LogP contribution in [0.2, 0.25) is 0 Å². The van der Waals surface area contributed by atoms with Gasteiger partial charge in [-0.2, -0.15) is 0 Å². The summed E-state index contributed by atoms with van der Waals surface area (Å²) in [5.41, 5.74) is 0.464. The number of hydrogen-bond acceptors (Lipinski definition) is 7. The number of carbonyl (C=O) groups is 1. The molecule has 0 bridgehead atoms.